The fraction of sp³-hybridized carbons (Fsp3) is 0.538. The molecule has 2 unspecified atom stereocenters. The van der Waals surface area contributed by atoms with E-state index in [9.17, 15) is 5.11 Å². The maximum atomic E-state index is 9.61. The Bertz CT molecular complexity index is 369. The summed E-state index contributed by atoms with van der Waals surface area (Å²) in [5.74, 6) is 0.985. The molecule has 0 radical (unpaired) electrons. The van der Waals surface area contributed by atoms with E-state index in [1.807, 2.05) is 23.9 Å². The lowest BCUT2D eigenvalue weighted by molar-refractivity contribution is 0.223. The van der Waals surface area contributed by atoms with Gasteiger partial charge in [-0.2, -0.15) is 11.8 Å². The summed E-state index contributed by atoms with van der Waals surface area (Å²) < 4.78 is 0. The molecule has 1 aliphatic rings. The average molecular weight is 237 g/mol. The summed E-state index contributed by atoms with van der Waals surface area (Å²) >= 11 is 1.93. The first-order valence-electron chi connectivity index (χ1n) is 5.71. The minimum absolute atomic E-state index is 0.129. The Hall–Kier alpha value is -0.670. The highest BCUT2D eigenvalue weighted by atomic mass is 32.2. The second-order valence-corrected chi connectivity index (χ2v) is 6.13. The molecule has 0 bridgehead atoms. The molecule has 1 heterocycles. The summed E-state index contributed by atoms with van der Waals surface area (Å²) in [5, 5.41) is 13.8. The van der Waals surface area contributed by atoms with Gasteiger partial charge in [-0.25, -0.2) is 0 Å². The van der Waals surface area contributed by atoms with Crippen molar-refractivity contribution in [3.05, 3.63) is 29.8 Å². The summed E-state index contributed by atoms with van der Waals surface area (Å²) in [7, 11) is 0. The van der Waals surface area contributed by atoms with Gasteiger partial charge in [0.1, 0.15) is 0 Å². The highest BCUT2D eigenvalue weighted by Crippen LogP contribution is 2.37. The molecule has 2 nitrogen and oxygen atoms in total. The van der Waals surface area contributed by atoms with E-state index in [0.29, 0.717) is 5.25 Å². The minimum Gasteiger partial charge on any atom is -0.394 e. The Morgan fingerprint density at radius 1 is 1.50 bits per heavy atom. The van der Waals surface area contributed by atoms with Crippen molar-refractivity contribution in [2.24, 2.45) is 0 Å². The maximum absolute atomic E-state index is 9.61. The summed E-state index contributed by atoms with van der Waals surface area (Å²) in [5.41, 5.74) is 2.25. The number of aliphatic hydroxyl groups excluding tert-OH is 1. The highest BCUT2D eigenvalue weighted by molar-refractivity contribution is 8.00. The second kappa shape index (κ2) is 4.68. The molecule has 0 saturated carbocycles. The average Bonchev–Trinajstić information content (AvgIpc) is 2.65. The first-order valence-corrected chi connectivity index (χ1v) is 6.76. The van der Waals surface area contributed by atoms with Gasteiger partial charge >= 0.3 is 0 Å². The molecule has 3 heteroatoms. The van der Waals surface area contributed by atoms with Gasteiger partial charge in [0, 0.05) is 16.7 Å². The number of para-hydroxylation sites is 1. The molecule has 1 aromatic carbocycles. The van der Waals surface area contributed by atoms with Gasteiger partial charge in [0.15, 0.2) is 0 Å². The zero-order chi connectivity index (χ0) is 11.6. The standard InChI is InChI=1S/C13H19NOS/c1-10-5-3-4-6-12(10)14-13(8-15)7-11(2)16-9-13/h3-6,11,14-15H,7-9H2,1-2H3. The first kappa shape index (κ1) is 11.8. The molecule has 0 aliphatic carbocycles. The number of aliphatic hydroxyl groups is 1. The Morgan fingerprint density at radius 3 is 2.81 bits per heavy atom. The number of aryl methyl sites for hydroxylation is 1. The van der Waals surface area contributed by atoms with Gasteiger partial charge in [-0.1, -0.05) is 25.1 Å². The van der Waals surface area contributed by atoms with Crippen LogP contribution in [-0.4, -0.2) is 28.3 Å². The topological polar surface area (TPSA) is 32.3 Å². The molecule has 1 aliphatic heterocycles. The lowest BCUT2D eigenvalue weighted by atomic mass is 9.96. The van der Waals surface area contributed by atoms with Crippen molar-refractivity contribution in [3.8, 4) is 0 Å². The number of anilines is 1. The number of hydrogen-bond acceptors (Lipinski definition) is 3. The van der Waals surface area contributed by atoms with E-state index >= 15 is 0 Å². The van der Waals surface area contributed by atoms with Gasteiger partial charge in [0.2, 0.25) is 0 Å². The zero-order valence-electron chi connectivity index (χ0n) is 9.86. The van der Waals surface area contributed by atoms with E-state index in [1.165, 1.54) is 5.56 Å². The molecule has 2 N–H and O–H groups in total. The molecule has 2 rings (SSSR count). The fourth-order valence-electron chi connectivity index (χ4n) is 2.21. The van der Waals surface area contributed by atoms with Crippen molar-refractivity contribution in [1.29, 1.82) is 0 Å². The van der Waals surface area contributed by atoms with Gasteiger partial charge in [-0.15, -0.1) is 0 Å². The number of rotatable bonds is 3. The molecule has 1 aromatic rings. The van der Waals surface area contributed by atoms with Crippen LogP contribution in [0.15, 0.2) is 24.3 Å². The Labute approximate surface area is 101 Å². The number of hydrogen-bond donors (Lipinski definition) is 2. The Balaban J connectivity index is 2.16. The number of benzene rings is 1. The summed E-state index contributed by atoms with van der Waals surface area (Å²) in [6.45, 7) is 4.53. The zero-order valence-corrected chi connectivity index (χ0v) is 10.7. The predicted molar refractivity (Wildman–Crippen MR) is 71.2 cm³/mol. The van der Waals surface area contributed by atoms with E-state index in [-0.39, 0.29) is 12.1 Å². The third-order valence-electron chi connectivity index (χ3n) is 3.17. The smallest absolute Gasteiger partial charge is 0.0704 e. The molecule has 16 heavy (non-hydrogen) atoms. The van der Waals surface area contributed by atoms with Crippen LogP contribution in [-0.2, 0) is 0 Å². The van der Waals surface area contributed by atoms with Gasteiger partial charge in [0.05, 0.1) is 12.1 Å². The van der Waals surface area contributed by atoms with Crippen LogP contribution in [0.1, 0.15) is 18.9 Å². The predicted octanol–water partition coefficient (Wildman–Crippen LogP) is 2.66. The first-order chi connectivity index (χ1) is 7.65. The molecule has 88 valence electrons. The van der Waals surface area contributed by atoms with Gasteiger partial charge < -0.3 is 10.4 Å². The van der Waals surface area contributed by atoms with Crippen molar-refractivity contribution in [1.82, 2.24) is 0 Å². The van der Waals surface area contributed by atoms with Gasteiger partial charge in [-0.3, -0.25) is 0 Å². The van der Waals surface area contributed by atoms with Gasteiger partial charge in [-0.05, 0) is 25.0 Å². The third-order valence-corrected chi connectivity index (χ3v) is 4.62. The molecule has 2 atom stereocenters. The quantitative estimate of drug-likeness (QED) is 0.847. The summed E-state index contributed by atoms with van der Waals surface area (Å²) in [6.07, 6.45) is 1.03. The van der Waals surface area contributed by atoms with Crippen LogP contribution in [0.25, 0.3) is 0 Å². The van der Waals surface area contributed by atoms with Crippen LogP contribution in [0.2, 0.25) is 0 Å². The second-order valence-electron chi connectivity index (χ2n) is 4.70. The largest absolute Gasteiger partial charge is 0.394 e. The summed E-state index contributed by atoms with van der Waals surface area (Å²) in [4.78, 5) is 0. The molecular formula is C13H19NOS. The molecule has 0 aromatic heterocycles. The van der Waals surface area contributed by atoms with Crippen LogP contribution in [0.3, 0.4) is 0 Å². The van der Waals surface area contributed by atoms with E-state index in [1.54, 1.807) is 0 Å². The van der Waals surface area contributed by atoms with E-state index in [2.05, 4.69) is 31.3 Å². The Kier molecular flexibility index (Phi) is 3.45. The van der Waals surface area contributed by atoms with Crippen LogP contribution in [0.4, 0.5) is 5.69 Å². The SMILES string of the molecule is Cc1ccccc1NC1(CO)CSC(C)C1. The Morgan fingerprint density at radius 2 is 2.25 bits per heavy atom. The van der Waals surface area contributed by atoms with Crippen LogP contribution in [0.5, 0.6) is 0 Å². The maximum Gasteiger partial charge on any atom is 0.0704 e. The highest BCUT2D eigenvalue weighted by Gasteiger charge is 2.37. The van der Waals surface area contributed by atoms with E-state index < -0.39 is 0 Å². The molecule has 0 spiro atoms. The fourth-order valence-corrected chi connectivity index (χ4v) is 3.53. The lowest BCUT2D eigenvalue weighted by Gasteiger charge is -2.29. The van der Waals surface area contributed by atoms with Crippen molar-refractivity contribution < 1.29 is 5.11 Å². The van der Waals surface area contributed by atoms with Crippen molar-refractivity contribution >= 4 is 17.4 Å². The molecule has 0 amide bonds. The van der Waals surface area contributed by atoms with Crippen LogP contribution in [0, 0.1) is 6.92 Å². The van der Waals surface area contributed by atoms with Crippen molar-refractivity contribution in [3.63, 3.8) is 0 Å². The third kappa shape index (κ3) is 2.36. The number of nitrogens with one attached hydrogen (secondary N) is 1. The van der Waals surface area contributed by atoms with E-state index in [0.717, 1.165) is 17.9 Å². The monoisotopic (exact) mass is 237 g/mol. The molecule has 1 fully saturated rings. The normalized spacial score (nSPS) is 29.3. The molecule has 1 saturated heterocycles. The van der Waals surface area contributed by atoms with Crippen molar-refractivity contribution in [2.75, 3.05) is 17.7 Å². The number of thioether (sulfide) groups is 1. The van der Waals surface area contributed by atoms with Gasteiger partial charge in [0.25, 0.3) is 0 Å². The summed E-state index contributed by atoms with van der Waals surface area (Å²) in [6, 6.07) is 8.25. The van der Waals surface area contributed by atoms with Crippen LogP contribution >= 0.6 is 11.8 Å². The van der Waals surface area contributed by atoms with Crippen molar-refractivity contribution in [2.45, 2.75) is 31.1 Å². The lowest BCUT2D eigenvalue weighted by Crippen LogP contribution is -2.42. The minimum atomic E-state index is -0.129. The van der Waals surface area contributed by atoms with E-state index in [4.69, 9.17) is 0 Å². The molecular weight excluding hydrogens is 218 g/mol. The van der Waals surface area contributed by atoms with Crippen LogP contribution < -0.4 is 5.32 Å².